The standard InChI is InChI=1S/C17H21FN2O2/c1-11(21)20-10-3-2-7-16(20)17(22)19-15-9-8-12-13(15)5-4-6-14(12)18/h4-6,15-16H,2-3,7-10H2,1H3,(H,19,22)/t15-,16-/m0/s1. The summed E-state index contributed by atoms with van der Waals surface area (Å²) < 4.78 is 13.8. The molecule has 0 bridgehead atoms. The van der Waals surface area contributed by atoms with Gasteiger partial charge < -0.3 is 10.2 Å². The molecule has 3 rings (SSSR count). The van der Waals surface area contributed by atoms with Gasteiger partial charge in [-0.3, -0.25) is 9.59 Å². The molecule has 1 N–H and O–H groups in total. The highest BCUT2D eigenvalue weighted by atomic mass is 19.1. The van der Waals surface area contributed by atoms with E-state index in [-0.39, 0.29) is 29.7 Å². The van der Waals surface area contributed by atoms with E-state index in [0.29, 0.717) is 24.9 Å². The number of hydrogen-bond acceptors (Lipinski definition) is 2. The third-order valence-corrected chi connectivity index (χ3v) is 4.74. The molecule has 0 aromatic heterocycles. The van der Waals surface area contributed by atoms with Gasteiger partial charge in [-0.1, -0.05) is 12.1 Å². The van der Waals surface area contributed by atoms with Crippen molar-refractivity contribution >= 4 is 11.8 Å². The molecule has 0 radical (unpaired) electrons. The normalized spacial score (nSPS) is 24.0. The summed E-state index contributed by atoms with van der Waals surface area (Å²) in [5.74, 6) is -0.369. The lowest BCUT2D eigenvalue weighted by Gasteiger charge is -2.34. The van der Waals surface area contributed by atoms with E-state index in [1.54, 1.807) is 11.0 Å². The molecule has 118 valence electrons. The lowest BCUT2D eigenvalue weighted by molar-refractivity contribution is -0.141. The molecule has 22 heavy (non-hydrogen) atoms. The third kappa shape index (κ3) is 2.72. The summed E-state index contributed by atoms with van der Waals surface area (Å²) in [7, 11) is 0. The smallest absolute Gasteiger partial charge is 0.243 e. The zero-order valence-corrected chi connectivity index (χ0v) is 12.8. The Morgan fingerprint density at radius 2 is 2.09 bits per heavy atom. The van der Waals surface area contributed by atoms with Gasteiger partial charge in [-0.25, -0.2) is 4.39 Å². The molecule has 1 aliphatic heterocycles. The van der Waals surface area contributed by atoms with Gasteiger partial charge >= 0.3 is 0 Å². The van der Waals surface area contributed by atoms with Crippen molar-refractivity contribution in [3.8, 4) is 0 Å². The van der Waals surface area contributed by atoms with Gasteiger partial charge in [-0.05, 0) is 49.3 Å². The number of hydrogen-bond donors (Lipinski definition) is 1. The SMILES string of the molecule is CC(=O)N1CCCC[C@H]1C(=O)N[C@H]1CCc2c(F)cccc21. The average Bonchev–Trinajstić information content (AvgIpc) is 2.92. The number of halogens is 1. The Morgan fingerprint density at radius 1 is 1.27 bits per heavy atom. The van der Waals surface area contributed by atoms with Gasteiger partial charge in [0.15, 0.2) is 0 Å². The average molecular weight is 304 g/mol. The van der Waals surface area contributed by atoms with Crippen LogP contribution in [0.4, 0.5) is 4.39 Å². The maximum atomic E-state index is 13.8. The number of rotatable bonds is 2. The van der Waals surface area contributed by atoms with E-state index in [9.17, 15) is 14.0 Å². The van der Waals surface area contributed by atoms with Crippen LogP contribution in [0.3, 0.4) is 0 Å². The minimum absolute atomic E-state index is 0.0577. The minimum atomic E-state index is -0.385. The number of nitrogens with zero attached hydrogens (tertiary/aromatic N) is 1. The van der Waals surface area contributed by atoms with Crippen molar-refractivity contribution in [2.75, 3.05) is 6.54 Å². The number of carbonyl (C=O) groups is 2. The first kappa shape index (κ1) is 15.0. The molecular weight excluding hydrogens is 283 g/mol. The molecule has 2 aliphatic rings. The van der Waals surface area contributed by atoms with Crippen LogP contribution in [0, 0.1) is 5.82 Å². The molecule has 1 aromatic rings. The van der Waals surface area contributed by atoms with Gasteiger partial charge in [-0.2, -0.15) is 0 Å². The van der Waals surface area contributed by atoms with Crippen molar-refractivity contribution in [2.45, 2.75) is 51.1 Å². The molecule has 0 unspecified atom stereocenters. The van der Waals surface area contributed by atoms with Gasteiger partial charge in [0.2, 0.25) is 11.8 Å². The van der Waals surface area contributed by atoms with E-state index in [1.807, 2.05) is 6.07 Å². The number of amides is 2. The molecule has 1 saturated heterocycles. The van der Waals surface area contributed by atoms with Crippen molar-refractivity contribution in [2.24, 2.45) is 0 Å². The van der Waals surface area contributed by atoms with E-state index in [1.165, 1.54) is 13.0 Å². The highest BCUT2D eigenvalue weighted by Gasteiger charge is 2.33. The molecule has 0 spiro atoms. The predicted molar refractivity (Wildman–Crippen MR) is 80.6 cm³/mol. The van der Waals surface area contributed by atoms with Gasteiger partial charge in [-0.15, -0.1) is 0 Å². The van der Waals surface area contributed by atoms with Crippen LogP contribution in [0.1, 0.15) is 49.8 Å². The largest absolute Gasteiger partial charge is 0.347 e. The second-order valence-electron chi connectivity index (χ2n) is 6.13. The first-order valence-corrected chi connectivity index (χ1v) is 7.93. The van der Waals surface area contributed by atoms with Crippen LogP contribution in [0.25, 0.3) is 0 Å². The van der Waals surface area contributed by atoms with Crippen molar-refractivity contribution in [3.63, 3.8) is 0 Å². The summed E-state index contributed by atoms with van der Waals surface area (Å²) >= 11 is 0. The van der Waals surface area contributed by atoms with Crippen molar-refractivity contribution < 1.29 is 14.0 Å². The van der Waals surface area contributed by atoms with Crippen LogP contribution in [-0.2, 0) is 16.0 Å². The third-order valence-electron chi connectivity index (χ3n) is 4.74. The Labute approximate surface area is 129 Å². The molecule has 2 atom stereocenters. The van der Waals surface area contributed by atoms with Crippen LogP contribution >= 0.6 is 0 Å². The predicted octanol–water partition coefficient (Wildman–Crippen LogP) is 2.33. The fourth-order valence-corrected chi connectivity index (χ4v) is 3.61. The fraction of sp³-hybridized carbons (Fsp3) is 0.529. The van der Waals surface area contributed by atoms with Crippen molar-refractivity contribution in [1.82, 2.24) is 10.2 Å². The van der Waals surface area contributed by atoms with Crippen LogP contribution < -0.4 is 5.32 Å². The van der Waals surface area contributed by atoms with Crippen LogP contribution in [0.2, 0.25) is 0 Å². The Morgan fingerprint density at radius 3 is 2.86 bits per heavy atom. The molecule has 1 fully saturated rings. The zero-order chi connectivity index (χ0) is 15.7. The van der Waals surface area contributed by atoms with E-state index < -0.39 is 0 Å². The maximum Gasteiger partial charge on any atom is 0.243 e. The molecule has 1 aromatic carbocycles. The van der Waals surface area contributed by atoms with Gasteiger partial charge in [0.1, 0.15) is 11.9 Å². The van der Waals surface area contributed by atoms with Crippen molar-refractivity contribution in [3.05, 3.63) is 35.1 Å². The van der Waals surface area contributed by atoms with Crippen LogP contribution in [0.5, 0.6) is 0 Å². The monoisotopic (exact) mass is 304 g/mol. The summed E-state index contributed by atoms with van der Waals surface area (Å²) in [5.41, 5.74) is 1.58. The van der Waals surface area contributed by atoms with Gasteiger partial charge in [0.05, 0.1) is 6.04 Å². The Balaban J connectivity index is 1.73. The lowest BCUT2D eigenvalue weighted by Crippen LogP contribution is -2.51. The summed E-state index contributed by atoms with van der Waals surface area (Å²) in [6.07, 6.45) is 3.97. The molecule has 4 nitrogen and oxygen atoms in total. The second kappa shape index (κ2) is 6.07. The number of carbonyl (C=O) groups excluding carboxylic acids is 2. The molecule has 1 aliphatic carbocycles. The number of nitrogens with one attached hydrogen (secondary N) is 1. The number of benzene rings is 1. The fourth-order valence-electron chi connectivity index (χ4n) is 3.61. The zero-order valence-electron chi connectivity index (χ0n) is 12.8. The molecule has 2 amide bonds. The first-order chi connectivity index (χ1) is 10.6. The topological polar surface area (TPSA) is 49.4 Å². The molecule has 0 saturated carbocycles. The first-order valence-electron chi connectivity index (χ1n) is 7.93. The van der Waals surface area contributed by atoms with E-state index in [0.717, 1.165) is 24.8 Å². The summed E-state index contributed by atoms with van der Waals surface area (Å²) in [6.45, 7) is 2.15. The van der Waals surface area contributed by atoms with E-state index >= 15 is 0 Å². The van der Waals surface area contributed by atoms with Gasteiger partial charge in [0.25, 0.3) is 0 Å². The quantitative estimate of drug-likeness (QED) is 0.911. The molecule has 1 heterocycles. The molecule has 5 heteroatoms. The minimum Gasteiger partial charge on any atom is -0.347 e. The summed E-state index contributed by atoms with van der Waals surface area (Å²) in [5, 5.41) is 3.02. The van der Waals surface area contributed by atoms with Gasteiger partial charge in [0, 0.05) is 13.5 Å². The Bertz CT molecular complexity index is 602. The Kier molecular flexibility index (Phi) is 4.14. The highest BCUT2D eigenvalue weighted by Crippen LogP contribution is 2.33. The van der Waals surface area contributed by atoms with Crippen LogP contribution in [-0.4, -0.2) is 29.3 Å². The van der Waals surface area contributed by atoms with E-state index in [2.05, 4.69) is 5.32 Å². The maximum absolute atomic E-state index is 13.8. The number of likely N-dealkylation sites (tertiary alicyclic amines) is 1. The second-order valence-corrected chi connectivity index (χ2v) is 6.13. The number of piperidine rings is 1. The van der Waals surface area contributed by atoms with Crippen molar-refractivity contribution in [1.29, 1.82) is 0 Å². The van der Waals surface area contributed by atoms with E-state index in [4.69, 9.17) is 0 Å². The molecular formula is C17H21FN2O2. The van der Waals surface area contributed by atoms with Crippen LogP contribution in [0.15, 0.2) is 18.2 Å². The Hall–Kier alpha value is -1.91. The number of fused-ring (bicyclic) bond motifs is 1. The lowest BCUT2D eigenvalue weighted by atomic mass is 10.0. The summed E-state index contributed by atoms with van der Waals surface area (Å²) in [4.78, 5) is 25.9. The highest BCUT2D eigenvalue weighted by molar-refractivity contribution is 5.87. The summed E-state index contributed by atoms with van der Waals surface area (Å²) in [6, 6.07) is 4.49.